The van der Waals surface area contributed by atoms with Crippen LogP contribution >= 0.6 is 11.6 Å². The summed E-state index contributed by atoms with van der Waals surface area (Å²) >= 11 is 5.29. The van der Waals surface area contributed by atoms with Gasteiger partial charge in [0.25, 0.3) is 5.91 Å². The smallest absolute Gasteiger partial charge is 0.417 e. The third kappa shape index (κ3) is 5.85. The highest BCUT2D eigenvalue weighted by Crippen LogP contribution is 2.34. The number of amides is 1. The van der Waals surface area contributed by atoms with E-state index in [0.717, 1.165) is 11.8 Å². The number of nitrogens with zero attached hydrogens (tertiary/aromatic N) is 1. The van der Waals surface area contributed by atoms with Crippen molar-refractivity contribution in [3.8, 4) is 5.75 Å². The van der Waals surface area contributed by atoms with Crippen molar-refractivity contribution in [2.75, 3.05) is 6.61 Å². The van der Waals surface area contributed by atoms with Gasteiger partial charge in [0, 0.05) is 24.9 Å². The maximum absolute atomic E-state index is 12.1. The first-order valence-electron chi connectivity index (χ1n) is 9.15. The Morgan fingerprint density at radius 1 is 1.16 bits per heavy atom. The molecule has 6 nitrogen and oxygen atoms in total. The number of hydrogen-bond donors (Lipinski definition) is 2. The number of aromatic amines is 1. The predicted molar refractivity (Wildman–Crippen MR) is 108 cm³/mol. The second-order valence-corrected chi connectivity index (χ2v) is 6.88. The van der Waals surface area contributed by atoms with E-state index in [1.165, 1.54) is 36.5 Å². The minimum absolute atomic E-state index is 0.181. The van der Waals surface area contributed by atoms with Gasteiger partial charge in [0.1, 0.15) is 11.4 Å². The summed E-state index contributed by atoms with van der Waals surface area (Å²) in [4.78, 5) is 29.9. The molecule has 1 amide bonds. The van der Waals surface area contributed by atoms with Crippen molar-refractivity contribution in [1.82, 2.24) is 15.3 Å². The lowest BCUT2D eigenvalue weighted by atomic mass is 10.1. The number of hydrogen-bond acceptors (Lipinski definition) is 4. The summed E-state index contributed by atoms with van der Waals surface area (Å²) in [5.41, 5.74) is 0.117. The fourth-order valence-corrected chi connectivity index (χ4v) is 3.08. The van der Waals surface area contributed by atoms with Gasteiger partial charge in [-0.1, -0.05) is 23.7 Å². The molecular formula is C21H17ClF3N3O3. The summed E-state index contributed by atoms with van der Waals surface area (Å²) in [7, 11) is 0. The fourth-order valence-electron chi connectivity index (χ4n) is 2.83. The molecule has 1 aliphatic heterocycles. The molecule has 2 aromatic heterocycles. The van der Waals surface area contributed by atoms with Crippen LogP contribution in [0.4, 0.5) is 13.2 Å². The van der Waals surface area contributed by atoms with Crippen molar-refractivity contribution < 1.29 is 22.7 Å². The van der Waals surface area contributed by atoms with Crippen LogP contribution in [0.5, 0.6) is 5.75 Å². The minimum atomic E-state index is -4.35. The molecule has 0 fully saturated rings. The van der Waals surface area contributed by atoms with E-state index in [1.807, 2.05) is 6.07 Å². The third-order valence-electron chi connectivity index (χ3n) is 4.32. The summed E-state index contributed by atoms with van der Waals surface area (Å²) < 4.78 is 41.4. The number of pyridine rings is 2. The Morgan fingerprint density at radius 2 is 1.94 bits per heavy atom. The first-order valence-corrected chi connectivity index (χ1v) is 9.52. The third-order valence-corrected chi connectivity index (χ3v) is 4.65. The average molecular weight is 452 g/mol. The number of rotatable bonds is 2. The predicted octanol–water partition coefficient (Wildman–Crippen LogP) is 4.38. The van der Waals surface area contributed by atoms with E-state index in [-0.39, 0.29) is 22.5 Å². The molecule has 1 unspecified atom stereocenters. The lowest BCUT2D eigenvalue weighted by Gasteiger charge is -2.25. The quantitative estimate of drug-likeness (QED) is 0.605. The topological polar surface area (TPSA) is 84.1 Å². The number of nitrogens with one attached hydrogen (secondary N) is 2. The molecule has 0 saturated carbocycles. The fraction of sp³-hybridized carbons (Fsp3) is 0.190. The van der Waals surface area contributed by atoms with Crippen LogP contribution in [0.2, 0.25) is 5.02 Å². The van der Waals surface area contributed by atoms with Crippen LogP contribution in [-0.4, -0.2) is 22.5 Å². The van der Waals surface area contributed by atoms with Crippen LogP contribution in [0, 0.1) is 0 Å². The van der Waals surface area contributed by atoms with Crippen LogP contribution in [-0.2, 0) is 6.18 Å². The number of carbonyl (C=O) groups excluding carboxylic acids is 1. The largest absolute Gasteiger partial charge is 0.491 e. The highest BCUT2D eigenvalue weighted by Gasteiger charge is 2.32. The normalized spacial score (nSPS) is 15.0. The maximum Gasteiger partial charge on any atom is 0.417 e. The van der Waals surface area contributed by atoms with E-state index in [4.69, 9.17) is 16.3 Å². The van der Waals surface area contributed by atoms with Gasteiger partial charge >= 0.3 is 6.18 Å². The molecule has 10 heteroatoms. The van der Waals surface area contributed by atoms with E-state index < -0.39 is 11.7 Å². The minimum Gasteiger partial charge on any atom is -0.491 e. The Kier molecular flexibility index (Phi) is 6.96. The number of halogens is 4. The molecule has 0 aliphatic carbocycles. The van der Waals surface area contributed by atoms with Crippen molar-refractivity contribution >= 4 is 17.5 Å². The zero-order valence-electron chi connectivity index (χ0n) is 15.9. The summed E-state index contributed by atoms with van der Waals surface area (Å²) in [6, 6.07) is 11.2. The van der Waals surface area contributed by atoms with Gasteiger partial charge in [-0.25, -0.2) is 0 Å². The Hall–Kier alpha value is -3.33. The van der Waals surface area contributed by atoms with E-state index in [0.29, 0.717) is 24.3 Å². The molecule has 1 atom stereocenters. The van der Waals surface area contributed by atoms with Crippen molar-refractivity contribution in [3.63, 3.8) is 0 Å². The van der Waals surface area contributed by atoms with E-state index in [1.54, 1.807) is 12.3 Å². The molecule has 1 aromatic carbocycles. The second-order valence-electron chi connectivity index (χ2n) is 6.47. The average Bonchev–Trinajstić information content (AvgIpc) is 2.74. The van der Waals surface area contributed by atoms with Gasteiger partial charge < -0.3 is 15.0 Å². The van der Waals surface area contributed by atoms with Crippen LogP contribution in [0.15, 0.2) is 65.7 Å². The zero-order valence-corrected chi connectivity index (χ0v) is 16.7. The van der Waals surface area contributed by atoms with Gasteiger partial charge in [-0.3, -0.25) is 14.6 Å². The van der Waals surface area contributed by atoms with Crippen molar-refractivity contribution in [2.45, 2.75) is 18.6 Å². The first kappa shape index (κ1) is 22.4. The Bertz CT molecular complexity index is 1100. The number of fused-ring (bicyclic) bond motifs is 1. The van der Waals surface area contributed by atoms with Crippen molar-refractivity contribution in [1.29, 1.82) is 0 Å². The van der Waals surface area contributed by atoms with Gasteiger partial charge in [0.05, 0.1) is 28.8 Å². The lowest BCUT2D eigenvalue weighted by Crippen LogP contribution is -2.33. The molecule has 0 bridgehead atoms. The SMILES string of the molecule is FC(F)(F)c1ccccc1Cl.O=C(NC1CCOc2cccnc21)c1ccc(=O)[nH]c1. The van der Waals surface area contributed by atoms with Gasteiger partial charge in [-0.2, -0.15) is 13.2 Å². The van der Waals surface area contributed by atoms with Crippen LogP contribution < -0.4 is 15.6 Å². The Balaban J connectivity index is 0.000000210. The summed E-state index contributed by atoms with van der Waals surface area (Å²) in [5, 5.41) is 2.64. The molecular weight excluding hydrogens is 435 g/mol. The van der Waals surface area contributed by atoms with Crippen LogP contribution in [0.3, 0.4) is 0 Å². The molecule has 0 radical (unpaired) electrons. The van der Waals surface area contributed by atoms with Crippen LogP contribution in [0.25, 0.3) is 0 Å². The molecule has 0 spiro atoms. The van der Waals surface area contributed by atoms with E-state index in [9.17, 15) is 22.8 Å². The molecule has 2 N–H and O–H groups in total. The number of ether oxygens (including phenoxy) is 1. The second kappa shape index (κ2) is 9.65. The number of aromatic nitrogens is 2. The van der Waals surface area contributed by atoms with E-state index >= 15 is 0 Å². The van der Waals surface area contributed by atoms with Crippen molar-refractivity contribution in [2.24, 2.45) is 0 Å². The van der Waals surface area contributed by atoms with Gasteiger partial charge in [-0.15, -0.1) is 0 Å². The highest BCUT2D eigenvalue weighted by atomic mass is 35.5. The molecule has 31 heavy (non-hydrogen) atoms. The Labute approximate surface area is 180 Å². The van der Waals surface area contributed by atoms with Crippen molar-refractivity contribution in [3.05, 3.63) is 93.1 Å². The number of carbonyl (C=O) groups is 1. The number of H-pyrrole nitrogens is 1. The number of alkyl halides is 3. The molecule has 0 saturated heterocycles. The Morgan fingerprint density at radius 3 is 2.58 bits per heavy atom. The first-order chi connectivity index (χ1) is 14.8. The van der Waals surface area contributed by atoms with Crippen LogP contribution in [0.1, 0.15) is 34.1 Å². The number of benzene rings is 1. The molecule has 3 heterocycles. The molecule has 1 aliphatic rings. The lowest BCUT2D eigenvalue weighted by molar-refractivity contribution is -0.137. The zero-order chi connectivity index (χ0) is 22.4. The molecule has 3 aromatic rings. The van der Waals surface area contributed by atoms with Gasteiger partial charge in [0.15, 0.2) is 0 Å². The molecule has 162 valence electrons. The standard InChI is InChI=1S/C14H13N3O3.C7H4ClF3/c18-12-4-3-9(8-16-12)14(19)17-10-5-7-20-11-2-1-6-15-13(10)11;8-6-4-2-1-3-5(6)7(9,10)11/h1-4,6,8,10H,5,7H2,(H,16,18)(H,17,19);1-4H. The highest BCUT2D eigenvalue weighted by molar-refractivity contribution is 6.31. The maximum atomic E-state index is 12.1. The monoisotopic (exact) mass is 451 g/mol. The van der Waals surface area contributed by atoms with E-state index in [2.05, 4.69) is 15.3 Å². The summed E-state index contributed by atoms with van der Waals surface area (Å²) in [5.74, 6) is 0.454. The molecule has 4 rings (SSSR count). The van der Waals surface area contributed by atoms with Gasteiger partial charge in [-0.05, 0) is 30.3 Å². The summed E-state index contributed by atoms with van der Waals surface area (Å²) in [6.45, 7) is 0.537. The van der Waals surface area contributed by atoms with Gasteiger partial charge in [0.2, 0.25) is 5.56 Å². The summed E-state index contributed by atoms with van der Waals surface area (Å²) in [6.07, 6.45) is -0.611.